The molecular formula is C6H7ClF2N2O2S2. The van der Waals surface area contributed by atoms with Crippen molar-refractivity contribution in [2.75, 3.05) is 6.54 Å². The Balaban J connectivity index is 2.91. The first kappa shape index (κ1) is 12.8. The molecule has 0 aliphatic carbocycles. The third-order valence-corrected chi connectivity index (χ3v) is 4.69. The Morgan fingerprint density at radius 1 is 1.60 bits per heavy atom. The highest BCUT2D eigenvalue weighted by atomic mass is 35.5. The highest BCUT2D eigenvalue weighted by Gasteiger charge is 2.22. The van der Waals surface area contributed by atoms with Crippen LogP contribution in [0.5, 0.6) is 0 Å². The van der Waals surface area contributed by atoms with Gasteiger partial charge in [-0.3, -0.25) is 0 Å². The standard InChI is InChI=1S/C6H7ClF2N2O2S2/c1-3-5(14-6(7)11-3)15(12,13)10-2-4(8)9/h4,10H,2H2,1H3. The molecule has 1 aromatic heterocycles. The van der Waals surface area contributed by atoms with Gasteiger partial charge < -0.3 is 0 Å². The van der Waals surface area contributed by atoms with E-state index in [1.165, 1.54) is 6.92 Å². The molecule has 0 radical (unpaired) electrons. The van der Waals surface area contributed by atoms with Crippen LogP contribution in [-0.4, -0.2) is 26.4 Å². The maximum absolute atomic E-state index is 11.8. The topological polar surface area (TPSA) is 59.1 Å². The van der Waals surface area contributed by atoms with Gasteiger partial charge in [0.05, 0.1) is 12.2 Å². The van der Waals surface area contributed by atoms with Crippen LogP contribution in [0, 0.1) is 6.92 Å². The number of nitrogens with zero attached hydrogens (tertiary/aromatic N) is 1. The van der Waals surface area contributed by atoms with Crippen LogP contribution in [0.3, 0.4) is 0 Å². The molecule has 0 atom stereocenters. The maximum Gasteiger partial charge on any atom is 0.252 e. The van der Waals surface area contributed by atoms with E-state index < -0.39 is 23.0 Å². The van der Waals surface area contributed by atoms with Gasteiger partial charge in [-0.1, -0.05) is 22.9 Å². The first-order chi connectivity index (χ1) is 6.83. The van der Waals surface area contributed by atoms with Crippen molar-refractivity contribution in [1.82, 2.24) is 9.71 Å². The molecule has 0 fully saturated rings. The molecular weight excluding hydrogens is 270 g/mol. The number of hydrogen-bond donors (Lipinski definition) is 1. The van der Waals surface area contributed by atoms with Crippen LogP contribution in [0.4, 0.5) is 8.78 Å². The quantitative estimate of drug-likeness (QED) is 0.910. The van der Waals surface area contributed by atoms with Gasteiger partial charge in [0.15, 0.2) is 8.68 Å². The lowest BCUT2D eigenvalue weighted by atomic mass is 10.6. The number of nitrogens with one attached hydrogen (secondary N) is 1. The second kappa shape index (κ2) is 4.69. The van der Waals surface area contributed by atoms with Gasteiger partial charge in [-0.2, -0.15) is 0 Å². The Morgan fingerprint density at radius 2 is 2.20 bits per heavy atom. The lowest BCUT2D eigenvalue weighted by molar-refractivity contribution is 0.153. The minimum Gasteiger partial charge on any atom is -0.229 e. The van der Waals surface area contributed by atoms with Gasteiger partial charge in [-0.15, -0.1) is 0 Å². The SMILES string of the molecule is Cc1nc(Cl)sc1S(=O)(=O)NCC(F)F. The first-order valence-corrected chi connectivity index (χ1v) is 6.41. The van der Waals surface area contributed by atoms with E-state index in [1.807, 2.05) is 0 Å². The summed E-state index contributed by atoms with van der Waals surface area (Å²) in [7, 11) is -3.92. The van der Waals surface area contributed by atoms with Gasteiger partial charge in [-0.25, -0.2) is 26.9 Å². The van der Waals surface area contributed by atoms with Crippen LogP contribution in [0.2, 0.25) is 4.47 Å². The molecule has 1 aromatic rings. The van der Waals surface area contributed by atoms with Crippen LogP contribution in [0.25, 0.3) is 0 Å². The second-order valence-electron chi connectivity index (χ2n) is 2.58. The second-order valence-corrected chi connectivity index (χ2v) is 6.13. The largest absolute Gasteiger partial charge is 0.252 e. The molecule has 1 heterocycles. The molecule has 0 aromatic carbocycles. The van der Waals surface area contributed by atoms with Crippen molar-refractivity contribution >= 4 is 33.0 Å². The summed E-state index contributed by atoms with van der Waals surface area (Å²) < 4.78 is 48.2. The van der Waals surface area contributed by atoms with Crippen molar-refractivity contribution in [3.8, 4) is 0 Å². The summed E-state index contributed by atoms with van der Waals surface area (Å²) in [6.07, 6.45) is -2.73. The molecule has 1 rings (SSSR count). The lowest BCUT2D eigenvalue weighted by Gasteiger charge is -2.03. The van der Waals surface area contributed by atoms with Crippen molar-refractivity contribution in [3.63, 3.8) is 0 Å². The predicted octanol–water partition coefficient (Wildman–Crippen LogP) is 1.65. The number of alkyl halides is 2. The van der Waals surface area contributed by atoms with E-state index in [2.05, 4.69) is 4.98 Å². The zero-order valence-electron chi connectivity index (χ0n) is 7.50. The number of thiazole rings is 1. The average Bonchev–Trinajstić information content (AvgIpc) is 2.43. The Bertz CT molecular complexity index is 446. The first-order valence-electron chi connectivity index (χ1n) is 3.73. The summed E-state index contributed by atoms with van der Waals surface area (Å²) in [5, 5.41) is 0. The van der Waals surface area contributed by atoms with Crippen molar-refractivity contribution in [3.05, 3.63) is 10.2 Å². The molecule has 0 spiro atoms. The third kappa shape index (κ3) is 3.33. The summed E-state index contributed by atoms with van der Waals surface area (Å²) in [6, 6.07) is 0. The average molecular weight is 277 g/mol. The minimum absolute atomic E-state index is 0.0601. The van der Waals surface area contributed by atoms with Gasteiger partial charge >= 0.3 is 0 Å². The fraction of sp³-hybridized carbons (Fsp3) is 0.500. The van der Waals surface area contributed by atoms with Crippen LogP contribution < -0.4 is 4.72 Å². The zero-order valence-corrected chi connectivity index (χ0v) is 9.89. The molecule has 86 valence electrons. The van der Waals surface area contributed by atoms with E-state index >= 15 is 0 Å². The van der Waals surface area contributed by atoms with E-state index in [0.717, 1.165) is 11.3 Å². The highest BCUT2D eigenvalue weighted by Crippen LogP contribution is 2.26. The summed E-state index contributed by atoms with van der Waals surface area (Å²) >= 11 is 6.23. The molecule has 4 nitrogen and oxygen atoms in total. The molecule has 1 N–H and O–H groups in total. The maximum atomic E-state index is 11.8. The van der Waals surface area contributed by atoms with Gasteiger partial charge in [-0.05, 0) is 6.92 Å². The van der Waals surface area contributed by atoms with Gasteiger partial charge in [0.1, 0.15) is 0 Å². The molecule has 0 saturated carbocycles. The number of rotatable bonds is 4. The van der Waals surface area contributed by atoms with Crippen molar-refractivity contribution in [2.24, 2.45) is 0 Å². The monoisotopic (exact) mass is 276 g/mol. The molecule has 0 unspecified atom stereocenters. The van der Waals surface area contributed by atoms with Crippen LogP contribution in [0.15, 0.2) is 4.21 Å². The Hall–Kier alpha value is -0.310. The van der Waals surface area contributed by atoms with E-state index in [1.54, 1.807) is 4.72 Å². The summed E-state index contributed by atoms with van der Waals surface area (Å²) in [4.78, 5) is 3.68. The molecule has 0 bridgehead atoms. The number of sulfonamides is 1. The molecule has 0 saturated heterocycles. The zero-order chi connectivity index (χ0) is 11.6. The fourth-order valence-corrected chi connectivity index (χ4v) is 3.63. The van der Waals surface area contributed by atoms with Crippen molar-refractivity contribution in [2.45, 2.75) is 17.6 Å². The molecule has 0 aliphatic heterocycles. The number of aromatic nitrogens is 1. The summed E-state index contributed by atoms with van der Waals surface area (Å²) in [5.41, 5.74) is 0.201. The van der Waals surface area contributed by atoms with E-state index in [9.17, 15) is 17.2 Å². The third-order valence-electron chi connectivity index (χ3n) is 1.40. The van der Waals surface area contributed by atoms with Gasteiger partial charge in [0.25, 0.3) is 16.4 Å². The lowest BCUT2D eigenvalue weighted by Crippen LogP contribution is -2.28. The molecule has 9 heteroatoms. The number of halogens is 3. The molecule has 0 aliphatic rings. The number of hydrogen-bond acceptors (Lipinski definition) is 4. The van der Waals surface area contributed by atoms with Crippen LogP contribution in [0.1, 0.15) is 5.69 Å². The Kier molecular flexibility index (Phi) is 3.99. The van der Waals surface area contributed by atoms with Gasteiger partial charge in [0, 0.05) is 0 Å². The smallest absolute Gasteiger partial charge is 0.229 e. The predicted molar refractivity (Wildman–Crippen MR) is 53.1 cm³/mol. The van der Waals surface area contributed by atoms with Crippen LogP contribution >= 0.6 is 22.9 Å². The summed E-state index contributed by atoms with van der Waals surface area (Å²) in [6.45, 7) is 0.524. The van der Waals surface area contributed by atoms with Crippen molar-refractivity contribution < 1.29 is 17.2 Å². The fourth-order valence-electron chi connectivity index (χ4n) is 0.838. The van der Waals surface area contributed by atoms with Gasteiger partial charge in [0.2, 0.25) is 0 Å². The summed E-state index contributed by atoms with van der Waals surface area (Å²) in [5.74, 6) is 0. The molecule has 15 heavy (non-hydrogen) atoms. The Labute approximate surface area is 94.3 Å². The Morgan fingerprint density at radius 3 is 2.60 bits per heavy atom. The molecule has 0 amide bonds. The minimum atomic E-state index is -3.92. The normalized spacial score (nSPS) is 12.3. The number of aryl methyl sites for hydroxylation is 1. The highest BCUT2D eigenvalue weighted by molar-refractivity contribution is 7.91. The van der Waals surface area contributed by atoms with Crippen LogP contribution in [-0.2, 0) is 10.0 Å². The van der Waals surface area contributed by atoms with E-state index in [-0.39, 0.29) is 14.4 Å². The van der Waals surface area contributed by atoms with E-state index in [0.29, 0.717) is 0 Å². The van der Waals surface area contributed by atoms with E-state index in [4.69, 9.17) is 11.6 Å². The van der Waals surface area contributed by atoms with Crippen molar-refractivity contribution in [1.29, 1.82) is 0 Å².